The first-order valence-corrected chi connectivity index (χ1v) is 8.54. The summed E-state index contributed by atoms with van der Waals surface area (Å²) in [5.74, 6) is -1.22. The van der Waals surface area contributed by atoms with Crippen LogP contribution in [0.4, 0.5) is 10.1 Å². The van der Waals surface area contributed by atoms with Crippen LogP contribution >= 0.6 is 0 Å². The van der Waals surface area contributed by atoms with E-state index in [1.54, 1.807) is 43.3 Å². The van der Waals surface area contributed by atoms with Gasteiger partial charge in [-0.2, -0.15) is 0 Å². The quantitative estimate of drug-likeness (QED) is 0.488. The lowest BCUT2D eigenvalue weighted by Gasteiger charge is -2.11. The lowest BCUT2D eigenvalue weighted by Crippen LogP contribution is -2.15. The number of esters is 1. The molecule has 1 N–H and O–H groups in total. The molecule has 0 atom stereocenters. The van der Waals surface area contributed by atoms with E-state index in [9.17, 15) is 14.0 Å². The van der Waals surface area contributed by atoms with Crippen LogP contribution in [-0.4, -0.2) is 25.1 Å². The number of amides is 1. The standard InChI is InChI=1S/C21H18FNO5/c1-14-8-9-15(13-17(14)23-20(24)19-7-4-10-26-19)21(25)28-12-11-27-18-6-3-2-5-16(18)22/h2-10,13H,11-12H2,1H3,(H,23,24). The van der Waals surface area contributed by atoms with Crippen molar-refractivity contribution in [3.05, 3.63) is 83.6 Å². The molecule has 0 radical (unpaired) electrons. The molecule has 1 heterocycles. The second-order valence-corrected chi connectivity index (χ2v) is 5.88. The fourth-order valence-electron chi connectivity index (χ4n) is 2.41. The number of ether oxygens (including phenoxy) is 2. The van der Waals surface area contributed by atoms with Gasteiger partial charge in [-0.25, -0.2) is 9.18 Å². The number of furan rings is 1. The van der Waals surface area contributed by atoms with Gasteiger partial charge in [0.2, 0.25) is 0 Å². The minimum Gasteiger partial charge on any atom is -0.487 e. The van der Waals surface area contributed by atoms with Crippen molar-refractivity contribution in [2.45, 2.75) is 6.92 Å². The van der Waals surface area contributed by atoms with Crippen LogP contribution in [0.1, 0.15) is 26.5 Å². The number of hydrogen-bond donors (Lipinski definition) is 1. The predicted octanol–water partition coefficient (Wildman–Crippen LogP) is 4.22. The third-order valence-corrected chi connectivity index (χ3v) is 3.88. The predicted molar refractivity (Wildman–Crippen MR) is 100 cm³/mol. The second-order valence-electron chi connectivity index (χ2n) is 5.88. The van der Waals surface area contributed by atoms with Crippen LogP contribution in [0.5, 0.6) is 5.75 Å². The summed E-state index contributed by atoms with van der Waals surface area (Å²) in [6, 6.07) is 13.9. The van der Waals surface area contributed by atoms with Crippen LogP contribution < -0.4 is 10.1 Å². The number of aryl methyl sites for hydroxylation is 1. The maximum Gasteiger partial charge on any atom is 0.338 e. The number of halogens is 1. The summed E-state index contributed by atoms with van der Waals surface area (Å²) >= 11 is 0. The van der Waals surface area contributed by atoms with E-state index < -0.39 is 17.7 Å². The molecule has 0 aliphatic rings. The molecular weight excluding hydrogens is 365 g/mol. The molecule has 28 heavy (non-hydrogen) atoms. The normalized spacial score (nSPS) is 10.4. The Kier molecular flexibility index (Phi) is 6.06. The molecule has 3 rings (SSSR count). The lowest BCUT2D eigenvalue weighted by molar-refractivity contribution is 0.0448. The van der Waals surface area contributed by atoms with Gasteiger partial charge in [0.1, 0.15) is 13.2 Å². The second kappa shape index (κ2) is 8.85. The molecular formula is C21H18FNO5. The topological polar surface area (TPSA) is 77.8 Å². The minimum absolute atomic E-state index is 0.0145. The molecule has 0 saturated carbocycles. The van der Waals surface area contributed by atoms with E-state index in [1.165, 1.54) is 24.5 Å². The highest BCUT2D eigenvalue weighted by Crippen LogP contribution is 2.19. The zero-order valence-electron chi connectivity index (χ0n) is 15.1. The lowest BCUT2D eigenvalue weighted by atomic mass is 10.1. The van der Waals surface area contributed by atoms with Crippen molar-refractivity contribution in [2.24, 2.45) is 0 Å². The van der Waals surface area contributed by atoms with Gasteiger partial charge in [-0.15, -0.1) is 0 Å². The zero-order valence-corrected chi connectivity index (χ0v) is 15.1. The SMILES string of the molecule is Cc1ccc(C(=O)OCCOc2ccccc2F)cc1NC(=O)c1ccco1. The van der Waals surface area contributed by atoms with Crippen molar-refractivity contribution in [1.29, 1.82) is 0 Å². The maximum atomic E-state index is 13.5. The van der Waals surface area contributed by atoms with Crippen LogP contribution in [-0.2, 0) is 4.74 Å². The average Bonchev–Trinajstić information content (AvgIpc) is 3.23. The van der Waals surface area contributed by atoms with Gasteiger partial charge in [0.25, 0.3) is 5.91 Å². The van der Waals surface area contributed by atoms with Gasteiger partial charge in [-0.05, 0) is 48.9 Å². The fourth-order valence-corrected chi connectivity index (χ4v) is 2.41. The fraction of sp³-hybridized carbons (Fsp3) is 0.143. The molecule has 0 aliphatic carbocycles. The van der Waals surface area contributed by atoms with Crippen LogP contribution in [0.3, 0.4) is 0 Å². The Bertz CT molecular complexity index is 969. The number of benzene rings is 2. The Hall–Kier alpha value is -3.61. The molecule has 0 aliphatic heterocycles. The molecule has 144 valence electrons. The largest absolute Gasteiger partial charge is 0.487 e. The molecule has 1 aromatic heterocycles. The number of hydrogen-bond acceptors (Lipinski definition) is 5. The van der Waals surface area contributed by atoms with Crippen LogP contribution in [0.2, 0.25) is 0 Å². The van der Waals surface area contributed by atoms with Gasteiger partial charge in [0.15, 0.2) is 17.3 Å². The van der Waals surface area contributed by atoms with Crippen molar-refractivity contribution in [3.63, 3.8) is 0 Å². The number of nitrogens with one attached hydrogen (secondary N) is 1. The molecule has 0 fully saturated rings. The van der Waals surface area contributed by atoms with Crippen molar-refractivity contribution in [3.8, 4) is 5.75 Å². The Labute approximate surface area is 160 Å². The first kappa shape index (κ1) is 19.2. The van der Waals surface area contributed by atoms with E-state index in [0.29, 0.717) is 5.69 Å². The molecule has 0 unspecified atom stereocenters. The van der Waals surface area contributed by atoms with E-state index in [0.717, 1.165) is 5.56 Å². The van der Waals surface area contributed by atoms with Crippen LogP contribution in [0.15, 0.2) is 65.3 Å². The molecule has 0 saturated heterocycles. The minimum atomic E-state index is -0.578. The third kappa shape index (κ3) is 4.76. The summed E-state index contributed by atoms with van der Waals surface area (Å²) in [5, 5.41) is 2.70. The molecule has 6 nitrogen and oxygen atoms in total. The van der Waals surface area contributed by atoms with E-state index in [1.807, 2.05) is 0 Å². The molecule has 0 spiro atoms. The number of rotatable bonds is 7. The third-order valence-electron chi connectivity index (χ3n) is 3.88. The summed E-state index contributed by atoms with van der Waals surface area (Å²) in [7, 11) is 0. The molecule has 3 aromatic rings. The van der Waals surface area contributed by atoms with E-state index in [-0.39, 0.29) is 30.3 Å². The highest BCUT2D eigenvalue weighted by atomic mass is 19.1. The van der Waals surface area contributed by atoms with Gasteiger partial charge in [-0.1, -0.05) is 18.2 Å². The maximum absolute atomic E-state index is 13.5. The Morgan fingerprint density at radius 2 is 1.89 bits per heavy atom. The van der Waals surface area contributed by atoms with Gasteiger partial charge in [-0.3, -0.25) is 4.79 Å². The van der Waals surface area contributed by atoms with Crippen molar-refractivity contribution in [2.75, 3.05) is 18.5 Å². The summed E-state index contributed by atoms with van der Waals surface area (Å²) in [6.07, 6.45) is 1.40. The number of anilines is 1. The number of carbonyl (C=O) groups excluding carboxylic acids is 2. The molecule has 2 aromatic carbocycles. The van der Waals surface area contributed by atoms with Gasteiger partial charge in [0.05, 0.1) is 11.8 Å². The molecule has 0 bridgehead atoms. The number of carbonyl (C=O) groups is 2. The Morgan fingerprint density at radius 3 is 2.64 bits per heavy atom. The van der Waals surface area contributed by atoms with E-state index in [4.69, 9.17) is 13.9 Å². The smallest absolute Gasteiger partial charge is 0.338 e. The van der Waals surface area contributed by atoms with E-state index in [2.05, 4.69) is 5.32 Å². The van der Waals surface area contributed by atoms with Crippen molar-refractivity contribution >= 4 is 17.6 Å². The summed E-state index contributed by atoms with van der Waals surface area (Å²) in [4.78, 5) is 24.3. The van der Waals surface area contributed by atoms with Gasteiger partial charge >= 0.3 is 5.97 Å². The summed E-state index contributed by atoms with van der Waals surface area (Å²) in [5.41, 5.74) is 1.52. The number of para-hydroxylation sites is 1. The van der Waals surface area contributed by atoms with Gasteiger partial charge in [0, 0.05) is 5.69 Å². The molecule has 1 amide bonds. The van der Waals surface area contributed by atoms with E-state index >= 15 is 0 Å². The summed E-state index contributed by atoms with van der Waals surface area (Å²) < 4.78 is 28.9. The summed E-state index contributed by atoms with van der Waals surface area (Å²) in [6.45, 7) is 1.77. The first-order chi connectivity index (χ1) is 13.5. The zero-order chi connectivity index (χ0) is 19.9. The molecule has 7 heteroatoms. The van der Waals surface area contributed by atoms with Crippen molar-refractivity contribution < 1.29 is 27.9 Å². The Morgan fingerprint density at radius 1 is 1.07 bits per heavy atom. The average molecular weight is 383 g/mol. The van der Waals surface area contributed by atoms with Crippen LogP contribution in [0, 0.1) is 12.7 Å². The van der Waals surface area contributed by atoms with Crippen molar-refractivity contribution in [1.82, 2.24) is 0 Å². The van der Waals surface area contributed by atoms with Gasteiger partial charge < -0.3 is 19.2 Å². The van der Waals surface area contributed by atoms with Crippen LogP contribution in [0.25, 0.3) is 0 Å². The highest BCUT2D eigenvalue weighted by Gasteiger charge is 2.14. The Balaban J connectivity index is 1.56. The highest BCUT2D eigenvalue weighted by molar-refractivity contribution is 6.03. The monoisotopic (exact) mass is 383 g/mol. The first-order valence-electron chi connectivity index (χ1n) is 8.54.